The minimum atomic E-state index is -4.74. The highest BCUT2D eigenvalue weighted by molar-refractivity contribution is 8.15. The molecule has 0 amide bonds. The number of aromatic hydroxyl groups is 4. The molecule has 0 aliphatic heterocycles. The van der Waals surface area contributed by atoms with Gasteiger partial charge in [0.15, 0.2) is 0 Å². The topological polar surface area (TPSA) is 190 Å². The maximum Gasteiger partial charge on any atom is 0.298 e. The first-order valence-corrected chi connectivity index (χ1v) is 11.8. The minimum Gasteiger partial charge on any atom is -0.508 e. The summed E-state index contributed by atoms with van der Waals surface area (Å²) in [5.41, 5.74) is 0.0891. The van der Waals surface area contributed by atoms with Gasteiger partial charge in [0.2, 0.25) is 0 Å². The summed E-state index contributed by atoms with van der Waals surface area (Å²) in [7, 11) is -10.9. The summed E-state index contributed by atoms with van der Waals surface area (Å²) in [4.78, 5) is -1.61. The van der Waals surface area contributed by atoms with E-state index in [1.54, 1.807) is 6.26 Å². The van der Waals surface area contributed by atoms with Gasteiger partial charge in [-0.3, -0.25) is 9.11 Å². The van der Waals surface area contributed by atoms with Crippen LogP contribution in [0.15, 0.2) is 39.0 Å². The Morgan fingerprint density at radius 2 is 1.19 bits per heavy atom. The van der Waals surface area contributed by atoms with E-state index in [-0.39, 0.29) is 16.2 Å². The van der Waals surface area contributed by atoms with Gasteiger partial charge in [-0.05, 0) is 18.4 Å². The quantitative estimate of drug-likeness (QED) is 0.202. The molecule has 2 aromatic rings. The molecule has 0 bridgehead atoms. The molecule has 1 atom stereocenters. The molecular weight excluding hydrogens is 424 g/mol. The molecule has 0 heterocycles. The van der Waals surface area contributed by atoms with Crippen molar-refractivity contribution in [3.63, 3.8) is 0 Å². The molecular formula is C14H16O10S3. The summed E-state index contributed by atoms with van der Waals surface area (Å²) in [6.07, 6.45) is 1.60. The predicted octanol–water partition coefficient (Wildman–Crippen LogP) is 1.19. The van der Waals surface area contributed by atoms with Gasteiger partial charge in [-0.2, -0.15) is 16.8 Å². The zero-order chi connectivity index (χ0) is 20.7. The van der Waals surface area contributed by atoms with Crippen molar-refractivity contribution in [1.29, 1.82) is 0 Å². The number of benzene rings is 2. The molecule has 0 saturated heterocycles. The summed E-state index contributed by atoms with van der Waals surface area (Å²) in [5, 5.41) is 39.5. The molecule has 0 aromatic heterocycles. The van der Waals surface area contributed by atoms with Gasteiger partial charge >= 0.3 is 0 Å². The van der Waals surface area contributed by atoms with Crippen molar-refractivity contribution >= 4 is 31.1 Å². The van der Waals surface area contributed by atoms with E-state index < -0.39 is 63.9 Å². The largest absolute Gasteiger partial charge is 0.508 e. The first-order valence-electron chi connectivity index (χ1n) is 6.98. The molecule has 0 saturated carbocycles. The second-order valence-corrected chi connectivity index (χ2v) is 10.5. The van der Waals surface area contributed by atoms with Crippen molar-refractivity contribution in [2.24, 2.45) is 0 Å². The van der Waals surface area contributed by atoms with Crippen molar-refractivity contribution in [1.82, 2.24) is 0 Å². The van der Waals surface area contributed by atoms with E-state index in [2.05, 4.69) is 0 Å². The fourth-order valence-corrected chi connectivity index (χ4v) is 5.23. The summed E-state index contributed by atoms with van der Waals surface area (Å²) in [6, 6.07) is 3.23. The van der Waals surface area contributed by atoms with Gasteiger partial charge in [0, 0.05) is 28.3 Å². The van der Waals surface area contributed by atoms with Crippen molar-refractivity contribution in [3.8, 4) is 23.0 Å². The van der Waals surface area contributed by atoms with Crippen LogP contribution in [0, 0.1) is 0 Å². The number of thiol groups is 1. The highest BCUT2D eigenvalue weighted by Gasteiger charge is 2.22. The highest BCUT2D eigenvalue weighted by atomic mass is 32.2. The summed E-state index contributed by atoms with van der Waals surface area (Å²) >= 11 is 0. The summed E-state index contributed by atoms with van der Waals surface area (Å²) in [6.45, 7) is 0. The smallest absolute Gasteiger partial charge is 0.298 e. The Hall–Kier alpha value is -2.19. The van der Waals surface area contributed by atoms with Crippen LogP contribution in [0.5, 0.6) is 23.0 Å². The Balaban J connectivity index is 2.43. The normalized spacial score (nSPS) is 14.1. The van der Waals surface area contributed by atoms with Crippen LogP contribution in [0.4, 0.5) is 0 Å². The molecule has 2 rings (SSSR count). The molecule has 0 spiro atoms. The van der Waals surface area contributed by atoms with Crippen molar-refractivity contribution in [2.75, 3.05) is 6.26 Å². The zero-order valence-electron chi connectivity index (χ0n) is 13.6. The van der Waals surface area contributed by atoms with Crippen molar-refractivity contribution < 1.29 is 46.4 Å². The standard InChI is InChI=1S/C14H16O10S3/c1-25(12-3-11(18)14(5-9(12)16)27(22,23)24)6-7-2-10(17)13(4-8(7)15)26(19,20)21/h2-5,15-18,25H,6H2,1H3,(H,19,20,21)(H,22,23,24). The number of hydrogen-bond donors (Lipinski definition) is 7. The van der Waals surface area contributed by atoms with Gasteiger partial charge in [-0.25, -0.2) is 10.9 Å². The van der Waals surface area contributed by atoms with E-state index in [0.29, 0.717) is 12.1 Å². The second kappa shape index (κ2) is 7.09. The Morgan fingerprint density at radius 1 is 0.741 bits per heavy atom. The maximum absolute atomic E-state index is 11.1. The lowest BCUT2D eigenvalue weighted by molar-refractivity contribution is 0.425. The molecule has 0 radical (unpaired) electrons. The third-order valence-corrected chi connectivity index (χ3v) is 7.35. The second-order valence-electron chi connectivity index (χ2n) is 5.56. The van der Waals surface area contributed by atoms with Crippen LogP contribution in [-0.4, -0.2) is 52.6 Å². The molecule has 1 unspecified atom stereocenters. The fraction of sp³-hybridized carbons (Fsp3) is 0.143. The van der Waals surface area contributed by atoms with Crippen LogP contribution in [0.3, 0.4) is 0 Å². The van der Waals surface area contributed by atoms with Gasteiger partial charge in [0.25, 0.3) is 20.2 Å². The van der Waals surface area contributed by atoms with Crippen LogP contribution >= 0.6 is 10.9 Å². The highest BCUT2D eigenvalue weighted by Crippen LogP contribution is 2.47. The van der Waals surface area contributed by atoms with Gasteiger partial charge in [0.1, 0.15) is 32.8 Å². The molecule has 150 valence electrons. The Morgan fingerprint density at radius 3 is 1.67 bits per heavy atom. The maximum atomic E-state index is 11.1. The van der Waals surface area contributed by atoms with Gasteiger partial charge in [-0.1, -0.05) is 0 Å². The van der Waals surface area contributed by atoms with E-state index in [1.165, 1.54) is 0 Å². The molecule has 0 aliphatic rings. The molecule has 13 heteroatoms. The van der Waals surface area contributed by atoms with Crippen LogP contribution in [0.2, 0.25) is 0 Å². The molecule has 0 aliphatic carbocycles. The van der Waals surface area contributed by atoms with E-state index in [0.717, 1.165) is 12.1 Å². The fourth-order valence-electron chi connectivity index (χ4n) is 2.33. The summed E-state index contributed by atoms with van der Waals surface area (Å²) in [5.74, 6) is -2.63. The Bertz CT molecular complexity index is 1110. The van der Waals surface area contributed by atoms with Gasteiger partial charge < -0.3 is 20.4 Å². The average molecular weight is 440 g/mol. The van der Waals surface area contributed by atoms with E-state index in [9.17, 15) is 37.3 Å². The monoisotopic (exact) mass is 440 g/mol. The van der Waals surface area contributed by atoms with Crippen LogP contribution in [0.1, 0.15) is 5.56 Å². The van der Waals surface area contributed by atoms with Gasteiger partial charge in [-0.15, -0.1) is 0 Å². The SMILES string of the molecule is C[SH](Cc1cc(O)c(S(=O)(=O)O)cc1O)c1cc(O)c(S(=O)(=O)O)cc1O. The van der Waals surface area contributed by atoms with Crippen LogP contribution in [-0.2, 0) is 26.0 Å². The average Bonchev–Trinajstić information content (AvgIpc) is 2.50. The van der Waals surface area contributed by atoms with E-state index in [4.69, 9.17) is 9.11 Å². The van der Waals surface area contributed by atoms with Crippen LogP contribution < -0.4 is 0 Å². The van der Waals surface area contributed by atoms with E-state index >= 15 is 0 Å². The van der Waals surface area contributed by atoms with Gasteiger partial charge in [0.05, 0.1) is 0 Å². The lowest BCUT2D eigenvalue weighted by Crippen LogP contribution is -2.01. The first-order chi connectivity index (χ1) is 12.2. The van der Waals surface area contributed by atoms with Crippen molar-refractivity contribution in [2.45, 2.75) is 20.4 Å². The Labute approximate surface area is 157 Å². The third kappa shape index (κ3) is 4.56. The molecule has 10 nitrogen and oxygen atoms in total. The lowest BCUT2D eigenvalue weighted by Gasteiger charge is -2.20. The molecule has 6 N–H and O–H groups in total. The summed E-state index contributed by atoms with van der Waals surface area (Å²) < 4.78 is 62.5. The third-order valence-electron chi connectivity index (χ3n) is 3.59. The molecule has 27 heavy (non-hydrogen) atoms. The number of phenols is 4. The molecule has 2 aromatic carbocycles. The van der Waals surface area contributed by atoms with Crippen molar-refractivity contribution in [3.05, 3.63) is 29.8 Å². The number of hydrogen-bond acceptors (Lipinski definition) is 8. The number of rotatable bonds is 5. The lowest BCUT2D eigenvalue weighted by atomic mass is 10.2. The molecule has 0 fully saturated rings. The first kappa shape index (κ1) is 21.1. The van der Waals surface area contributed by atoms with E-state index in [1.807, 2.05) is 0 Å². The van der Waals surface area contributed by atoms with Crippen LogP contribution in [0.25, 0.3) is 0 Å². The Kier molecular flexibility index (Phi) is 5.54. The zero-order valence-corrected chi connectivity index (χ0v) is 16.1. The number of phenolic OH excluding ortho intramolecular Hbond substituents is 4. The predicted molar refractivity (Wildman–Crippen MR) is 96.1 cm³/mol. The minimum absolute atomic E-state index is 0.00129.